The topological polar surface area (TPSA) is 151 Å². The third-order valence-electron chi connectivity index (χ3n) is 0.401. The predicted molar refractivity (Wildman–Crippen MR) is 37.0 cm³/mol. The Kier molecular flexibility index (Phi) is 16.9. The van der Waals surface area contributed by atoms with Crippen LogP contribution in [0, 0.1) is 20.2 Å². The average molecular weight is 185 g/mol. The highest BCUT2D eigenvalue weighted by Crippen LogP contribution is 1.77. The average Bonchev–Trinajstić information content (AvgIpc) is 1.82. The summed E-state index contributed by atoms with van der Waals surface area (Å²) in [6.07, 6.45) is 0.682. The molecule has 0 amide bonds. The summed E-state index contributed by atoms with van der Waals surface area (Å²) in [7, 11) is 0. The number of rotatable bonds is 3. The van der Waals surface area contributed by atoms with Crippen molar-refractivity contribution in [2.45, 2.75) is 13.3 Å². The van der Waals surface area contributed by atoms with Crippen LogP contribution in [0.15, 0.2) is 0 Å². The first kappa shape index (κ1) is 16.8. The van der Waals surface area contributed by atoms with E-state index in [1.54, 1.807) is 0 Å². The summed E-state index contributed by atoms with van der Waals surface area (Å²) < 4.78 is 0. The van der Waals surface area contributed by atoms with Crippen LogP contribution in [-0.4, -0.2) is 22.0 Å². The lowest BCUT2D eigenvalue weighted by Crippen LogP contribution is -1.99. The minimum atomic E-state index is -1.50. The fourth-order valence-electron chi connectivity index (χ4n) is 0.166. The zero-order valence-electron chi connectivity index (χ0n) is 6.50. The van der Waals surface area contributed by atoms with Crippen molar-refractivity contribution in [3.05, 3.63) is 20.2 Å². The van der Waals surface area contributed by atoms with Crippen molar-refractivity contribution in [1.29, 1.82) is 0 Å². The number of nitrogens with zero attached hydrogens (tertiary/aromatic N) is 2. The van der Waals surface area contributed by atoms with Gasteiger partial charge in [0, 0.05) is 0 Å². The minimum Gasteiger partial charge on any atom is -0.344 e. The molecule has 0 spiro atoms. The molecular weight excluding hydrogens is 174 g/mol. The van der Waals surface area contributed by atoms with Crippen LogP contribution in [0.1, 0.15) is 13.3 Å². The summed E-state index contributed by atoms with van der Waals surface area (Å²) in [6.45, 7) is 2.01. The molecule has 0 aromatic rings. The molecule has 0 radical (unpaired) electrons. The molecule has 9 heteroatoms. The minimum absolute atomic E-state index is 0. The fraction of sp³-hybridized carbons (Fsp3) is 1.00. The number of hydrogen-bond donors (Lipinski definition) is 2. The van der Waals surface area contributed by atoms with E-state index in [-0.39, 0.29) is 12.8 Å². The lowest BCUT2D eigenvalue weighted by molar-refractivity contribution is -0.757. The van der Waals surface area contributed by atoms with E-state index in [0.717, 1.165) is 0 Å². The van der Waals surface area contributed by atoms with Gasteiger partial charge in [-0.05, 0) is 6.42 Å². The van der Waals surface area contributed by atoms with Gasteiger partial charge in [-0.1, -0.05) is 6.92 Å². The third-order valence-corrected chi connectivity index (χ3v) is 0.401. The van der Waals surface area contributed by atoms with Crippen molar-refractivity contribution in [1.82, 2.24) is 6.15 Å². The van der Waals surface area contributed by atoms with E-state index in [1.165, 1.54) is 0 Å². The van der Waals surface area contributed by atoms with E-state index < -0.39 is 10.2 Å². The van der Waals surface area contributed by atoms with E-state index >= 15 is 0 Å². The first-order chi connectivity index (χ1) is 5.00. The van der Waals surface area contributed by atoms with E-state index in [4.69, 9.17) is 15.3 Å². The monoisotopic (exact) mass is 185 g/mol. The Morgan fingerprint density at radius 1 is 1.42 bits per heavy atom. The van der Waals surface area contributed by atoms with Gasteiger partial charge in [0.15, 0.2) is 0 Å². The number of hydrogen-bond acceptors (Lipinski definition) is 6. The highest BCUT2D eigenvalue weighted by Gasteiger charge is 1.87. The molecule has 0 aromatic heterocycles. The van der Waals surface area contributed by atoms with Crippen molar-refractivity contribution in [3.8, 4) is 0 Å². The van der Waals surface area contributed by atoms with E-state index in [2.05, 4.69) is 4.84 Å². The largest absolute Gasteiger partial charge is 0.344 e. The van der Waals surface area contributed by atoms with E-state index in [0.29, 0.717) is 6.42 Å². The lowest BCUT2D eigenvalue weighted by Gasteiger charge is -1.88. The zero-order valence-corrected chi connectivity index (χ0v) is 6.50. The highest BCUT2D eigenvalue weighted by molar-refractivity contribution is 4.14. The lowest BCUT2D eigenvalue weighted by atomic mass is 10.5. The fourth-order valence-corrected chi connectivity index (χ4v) is 0.166. The van der Waals surface area contributed by atoms with Crippen LogP contribution in [0.5, 0.6) is 0 Å². The Morgan fingerprint density at radius 3 is 1.83 bits per heavy atom. The van der Waals surface area contributed by atoms with Gasteiger partial charge in [-0.3, -0.25) is 0 Å². The molecule has 9 nitrogen and oxygen atoms in total. The molecule has 0 rings (SSSR count). The summed E-state index contributed by atoms with van der Waals surface area (Å²) >= 11 is 0. The second-order valence-electron chi connectivity index (χ2n) is 1.29. The molecular formula is C3H11N3O6. The quantitative estimate of drug-likeness (QED) is 0.477. The standard InChI is InChI=1S/C3H7NO3.HNO3.H3N/c1-2-3-7-4(5)6;2-1(3)4;/h2-3H2,1H3;(H,2,3,4);1H3. The normalized spacial score (nSPS) is 6.75. The van der Waals surface area contributed by atoms with Crippen molar-refractivity contribution < 1.29 is 20.2 Å². The molecule has 0 heterocycles. The van der Waals surface area contributed by atoms with Crippen molar-refractivity contribution in [2.24, 2.45) is 0 Å². The second-order valence-corrected chi connectivity index (χ2v) is 1.29. The van der Waals surface area contributed by atoms with Gasteiger partial charge >= 0.3 is 0 Å². The van der Waals surface area contributed by atoms with Crippen molar-refractivity contribution in [3.63, 3.8) is 0 Å². The third kappa shape index (κ3) is 81.3. The van der Waals surface area contributed by atoms with E-state index in [9.17, 15) is 10.1 Å². The van der Waals surface area contributed by atoms with Crippen LogP contribution in [0.2, 0.25) is 0 Å². The SMILES string of the molecule is CCCO[N+](=O)[O-].N.O=[N+]([O-])O. The van der Waals surface area contributed by atoms with Gasteiger partial charge < -0.3 is 16.2 Å². The van der Waals surface area contributed by atoms with Crippen LogP contribution in [0.25, 0.3) is 0 Å². The molecule has 0 fully saturated rings. The van der Waals surface area contributed by atoms with Gasteiger partial charge in [0.05, 0.1) is 6.61 Å². The molecule has 12 heavy (non-hydrogen) atoms. The van der Waals surface area contributed by atoms with Gasteiger partial charge in [-0.25, -0.2) is 0 Å². The van der Waals surface area contributed by atoms with E-state index in [1.807, 2.05) is 6.92 Å². The summed E-state index contributed by atoms with van der Waals surface area (Å²) in [5, 5.41) is 22.2. The molecule has 0 aromatic carbocycles. The first-order valence-electron chi connectivity index (χ1n) is 2.61. The van der Waals surface area contributed by atoms with Crippen LogP contribution in [0.4, 0.5) is 0 Å². The van der Waals surface area contributed by atoms with Gasteiger partial charge in [0.1, 0.15) is 0 Å². The molecule has 0 saturated carbocycles. The van der Waals surface area contributed by atoms with Crippen molar-refractivity contribution >= 4 is 0 Å². The predicted octanol–water partition coefficient (Wildman–Crippen LogP) is 0.419. The van der Waals surface area contributed by atoms with Gasteiger partial charge in [0.2, 0.25) is 0 Å². The Morgan fingerprint density at radius 2 is 1.75 bits per heavy atom. The maximum atomic E-state index is 9.34. The summed E-state index contributed by atoms with van der Waals surface area (Å²) in [5.74, 6) is 0. The molecule has 0 bridgehead atoms. The zero-order chi connectivity index (χ0) is 9.28. The van der Waals surface area contributed by atoms with Crippen molar-refractivity contribution in [2.75, 3.05) is 6.61 Å². The van der Waals surface area contributed by atoms with Gasteiger partial charge in [0.25, 0.3) is 10.2 Å². The maximum absolute atomic E-state index is 9.34. The summed E-state index contributed by atoms with van der Waals surface area (Å²) in [6, 6.07) is 0. The summed E-state index contributed by atoms with van der Waals surface area (Å²) in [5.41, 5.74) is 0. The molecule has 0 aliphatic rings. The molecule has 0 aliphatic carbocycles. The Balaban J connectivity index is -0.000000142. The second kappa shape index (κ2) is 12.1. The molecule has 4 N–H and O–H groups in total. The Labute approximate surface area is 67.7 Å². The molecule has 0 aliphatic heterocycles. The van der Waals surface area contributed by atoms with Crippen LogP contribution >= 0.6 is 0 Å². The first-order valence-corrected chi connectivity index (χ1v) is 2.61. The smallest absolute Gasteiger partial charge is 0.294 e. The van der Waals surface area contributed by atoms with Crippen LogP contribution < -0.4 is 6.15 Å². The van der Waals surface area contributed by atoms with Gasteiger partial charge in [-0.15, -0.1) is 20.2 Å². The highest BCUT2D eigenvalue weighted by atomic mass is 16.9. The molecule has 0 saturated heterocycles. The maximum Gasteiger partial charge on any atom is 0.294 e. The summed E-state index contributed by atoms with van der Waals surface area (Å²) in [4.78, 5) is 21.6. The van der Waals surface area contributed by atoms with Crippen LogP contribution in [-0.2, 0) is 4.84 Å². The molecule has 0 atom stereocenters. The van der Waals surface area contributed by atoms with Gasteiger partial charge in [-0.2, -0.15) is 0 Å². The molecule has 0 unspecified atom stereocenters. The van der Waals surface area contributed by atoms with Crippen LogP contribution in [0.3, 0.4) is 0 Å². The Hall–Kier alpha value is -1.64. The Bertz CT molecular complexity index is 123. The molecule has 74 valence electrons.